The molecule has 3 rings (SSSR count). The zero-order chi connectivity index (χ0) is 15.0. The van der Waals surface area contributed by atoms with Gasteiger partial charge in [-0.1, -0.05) is 0 Å². The van der Waals surface area contributed by atoms with Crippen molar-refractivity contribution in [1.82, 2.24) is 4.90 Å². The van der Waals surface area contributed by atoms with E-state index in [2.05, 4.69) is 18.7 Å². The molecule has 1 aromatic carbocycles. The summed E-state index contributed by atoms with van der Waals surface area (Å²) in [5.41, 5.74) is 0.357. The van der Waals surface area contributed by atoms with Gasteiger partial charge in [0.05, 0.1) is 19.1 Å². The molecule has 0 amide bonds. The molecule has 0 saturated carbocycles. The maximum absolute atomic E-state index is 12.5. The average Bonchev–Trinajstić information content (AvgIpc) is 2.47. The van der Waals surface area contributed by atoms with Crippen molar-refractivity contribution < 1.29 is 14.3 Å². The molecular weight excluding hydrogens is 266 g/mol. The molecule has 0 aromatic heterocycles. The third-order valence-corrected chi connectivity index (χ3v) is 4.74. The zero-order valence-corrected chi connectivity index (χ0v) is 13.0. The topological polar surface area (TPSA) is 38.8 Å². The number of Topliss-reactive ketones (excluding diaryl/α,β-unsaturated/α-hetero) is 1. The molecule has 0 atom stereocenters. The van der Waals surface area contributed by atoms with Gasteiger partial charge in [0.1, 0.15) is 17.1 Å². The minimum atomic E-state index is -0.302. The first-order valence-corrected chi connectivity index (χ1v) is 7.67. The monoisotopic (exact) mass is 289 g/mol. The van der Waals surface area contributed by atoms with Crippen LogP contribution in [-0.2, 0) is 0 Å². The van der Waals surface area contributed by atoms with Crippen LogP contribution in [-0.4, -0.2) is 42.5 Å². The molecule has 4 heteroatoms. The third-order valence-electron chi connectivity index (χ3n) is 4.74. The largest absolute Gasteiger partial charge is 0.497 e. The van der Waals surface area contributed by atoms with Crippen molar-refractivity contribution >= 4 is 5.78 Å². The SMILES string of the molecule is COc1ccc2c(c1)C(=O)CC1(CCN(C(C)C)CC1)O2. The number of ketones is 1. The molecule has 0 aliphatic carbocycles. The summed E-state index contributed by atoms with van der Waals surface area (Å²) in [6.07, 6.45) is 2.32. The van der Waals surface area contributed by atoms with Crippen molar-refractivity contribution in [1.29, 1.82) is 0 Å². The van der Waals surface area contributed by atoms with Crippen molar-refractivity contribution in [2.24, 2.45) is 0 Å². The number of methoxy groups -OCH3 is 1. The molecule has 21 heavy (non-hydrogen) atoms. The second kappa shape index (κ2) is 5.34. The molecule has 4 nitrogen and oxygen atoms in total. The van der Waals surface area contributed by atoms with Gasteiger partial charge in [-0.2, -0.15) is 0 Å². The first-order valence-electron chi connectivity index (χ1n) is 7.67. The predicted octanol–water partition coefficient (Wildman–Crippen LogP) is 2.90. The van der Waals surface area contributed by atoms with Crippen molar-refractivity contribution in [2.75, 3.05) is 20.2 Å². The van der Waals surface area contributed by atoms with Gasteiger partial charge in [-0.25, -0.2) is 0 Å². The maximum atomic E-state index is 12.5. The van der Waals surface area contributed by atoms with Crippen molar-refractivity contribution in [3.05, 3.63) is 23.8 Å². The quantitative estimate of drug-likeness (QED) is 0.839. The lowest BCUT2D eigenvalue weighted by Gasteiger charge is -2.45. The lowest BCUT2D eigenvalue weighted by atomic mass is 9.82. The van der Waals surface area contributed by atoms with Crippen LogP contribution in [0.15, 0.2) is 18.2 Å². The van der Waals surface area contributed by atoms with Gasteiger partial charge in [0.15, 0.2) is 5.78 Å². The van der Waals surface area contributed by atoms with E-state index in [1.165, 1.54) is 0 Å². The van der Waals surface area contributed by atoms with Crippen LogP contribution >= 0.6 is 0 Å². The predicted molar refractivity (Wildman–Crippen MR) is 81.2 cm³/mol. The molecule has 0 bridgehead atoms. The maximum Gasteiger partial charge on any atom is 0.170 e. The van der Waals surface area contributed by atoms with Crippen LogP contribution in [0.1, 0.15) is 43.5 Å². The standard InChI is InChI=1S/C17H23NO3/c1-12(2)18-8-6-17(7-9-18)11-15(19)14-10-13(20-3)4-5-16(14)21-17/h4-5,10,12H,6-9,11H2,1-3H3. The van der Waals surface area contributed by atoms with Gasteiger partial charge in [-0.3, -0.25) is 4.79 Å². The highest BCUT2D eigenvalue weighted by atomic mass is 16.5. The van der Waals surface area contributed by atoms with E-state index in [1.54, 1.807) is 13.2 Å². The van der Waals surface area contributed by atoms with Gasteiger partial charge >= 0.3 is 0 Å². The Labute approximate surface area is 126 Å². The molecule has 2 aliphatic heterocycles. The number of hydrogen-bond donors (Lipinski definition) is 0. The molecule has 2 heterocycles. The molecular formula is C17H23NO3. The molecule has 1 aromatic rings. The van der Waals surface area contributed by atoms with Crippen molar-refractivity contribution in [2.45, 2.75) is 44.8 Å². The van der Waals surface area contributed by atoms with E-state index < -0.39 is 0 Å². The number of nitrogens with zero attached hydrogens (tertiary/aromatic N) is 1. The summed E-state index contributed by atoms with van der Waals surface area (Å²) in [4.78, 5) is 14.9. The molecule has 1 saturated heterocycles. The fourth-order valence-electron chi connectivity index (χ4n) is 3.33. The van der Waals surface area contributed by atoms with E-state index in [-0.39, 0.29) is 11.4 Å². The van der Waals surface area contributed by atoms with Gasteiger partial charge in [0, 0.05) is 32.0 Å². The zero-order valence-electron chi connectivity index (χ0n) is 13.0. The molecule has 1 fully saturated rings. The van der Waals surface area contributed by atoms with Gasteiger partial charge in [0.2, 0.25) is 0 Å². The number of carbonyl (C=O) groups excluding carboxylic acids is 1. The fraction of sp³-hybridized carbons (Fsp3) is 0.588. The Morgan fingerprint density at radius 1 is 1.29 bits per heavy atom. The second-order valence-corrected chi connectivity index (χ2v) is 6.38. The van der Waals surface area contributed by atoms with Crippen LogP contribution in [0.4, 0.5) is 0 Å². The fourth-order valence-corrected chi connectivity index (χ4v) is 3.33. The highest BCUT2D eigenvalue weighted by Crippen LogP contribution is 2.40. The first kappa shape index (κ1) is 14.4. The van der Waals surface area contributed by atoms with Crippen LogP contribution in [0.2, 0.25) is 0 Å². The number of rotatable bonds is 2. The summed E-state index contributed by atoms with van der Waals surface area (Å²) < 4.78 is 11.4. The Kier molecular flexibility index (Phi) is 3.66. The Balaban J connectivity index is 1.81. The van der Waals surface area contributed by atoms with E-state index in [0.29, 0.717) is 29.5 Å². The van der Waals surface area contributed by atoms with Gasteiger partial charge in [0.25, 0.3) is 0 Å². The van der Waals surface area contributed by atoms with Crippen LogP contribution in [0.5, 0.6) is 11.5 Å². The number of benzene rings is 1. The van der Waals surface area contributed by atoms with Gasteiger partial charge < -0.3 is 14.4 Å². The Bertz CT molecular complexity index is 545. The molecule has 114 valence electrons. The summed E-state index contributed by atoms with van der Waals surface area (Å²) in [6, 6.07) is 6.06. The van der Waals surface area contributed by atoms with E-state index in [0.717, 1.165) is 25.9 Å². The number of carbonyl (C=O) groups is 1. The number of piperidine rings is 1. The summed E-state index contributed by atoms with van der Waals surface area (Å²) >= 11 is 0. The Morgan fingerprint density at radius 2 is 2.00 bits per heavy atom. The van der Waals surface area contributed by atoms with Crippen LogP contribution < -0.4 is 9.47 Å². The minimum absolute atomic E-state index is 0.174. The highest BCUT2D eigenvalue weighted by Gasteiger charge is 2.43. The summed E-state index contributed by atoms with van der Waals surface area (Å²) in [5.74, 6) is 1.59. The lowest BCUT2D eigenvalue weighted by Crippen LogP contribution is -2.52. The normalized spacial score (nSPS) is 21.2. The summed E-state index contributed by atoms with van der Waals surface area (Å²) in [5, 5.41) is 0. The second-order valence-electron chi connectivity index (χ2n) is 6.38. The molecule has 0 unspecified atom stereocenters. The van der Waals surface area contributed by atoms with Crippen LogP contribution in [0.3, 0.4) is 0 Å². The van der Waals surface area contributed by atoms with Crippen molar-refractivity contribution in [3.8, 4) is 11.5 Å². The lowest BCUT2D eigenvalue weighted by molar-refractivity contribution is -0.0154. The molecule has 0 radical (unpaired) electrons. The number of likely N-dealkylation sites (tertiary alicyclic amines) is 1. The molecule has 1 spiro atoms. The molecule has 0 N–H and O–H groups in total. The molecule has 2 aliphatic rings. The smallest absolute Gasteiger partial charge is 0.170 e. The van der Waals surface area contributed by atoms with E-state index in [9.17, 15) is 4.79 Å². The van der Waals surface area contributed by atoms with Crippen molar-refractivity contribution in [3.63, 3.8) is 0 Å². The van der Waals surface area contributed by atoms with Gasteiger partial charge in [-0.05, 0) is 32.0 Å². The summed E-state index contributed by atoms with van der Waals surface area (Å²) in [6.45, 7) is 6.42. The number of fused-ring (bicyclic) bond motifs is 1. The highest BCUT2D eigenvalue weighted by molar-refractivity contribution is 6.00. The Hall–Kier alpha value is -1.55. The van der Waals surface area contributed by atoms with Gasteiger partial charge in [-0.15, -0.1) is 0 Å². The van der Waals surface area contributed by atoms with Crippen LogP contribution in [0, 0.1) is 0 Å². The van der Waals surface area contributed by atoms with E-state index >= 15 is 0 Å². The average molecular weight is 289 g/mol. The van der Waals surface area contributed by atoms with E-state index in [4.69, 9.17) is 9.47 Å². The van der Waals surface area contributed by atoms with E-state index in [1.807, 2.05) is 12.1 Å². The number of ether oxygens (including phenoxy) is 2. The van der Waals surface area contributed by atoms with Crippen LogP contribution in [0.25, 0.3) is 0 Å². The first-order chi connectivity index (χ1) is 10.0. The summed E-state index contributed by atoms with van der Waals surface area (Å²) in [7, 11) is 1.61. The third kappa shape index (κ3) is 2.64. The number of hydrogen-bond acceptors (Lipinski definition) is 4. The minimum Gasteiger partial charge on any atom is -0.497 e. The Morgan fingerprint density at radius 3 is 2.62 bits per heavy atom.